The molecule has 3 nitrogen and oxygen atoms in total. The second-order valence-electron chi connectivity index (χ2n) is 7.08. The van der Waals surface area contributed by atoms with E-state index < -0.39 is 0 Å². The number of ketones is 1. The van der Waals surface area contributed by atoms with Crippen LogP contribution in [0.25, 0.3) is 0 Å². The van der Waals surface area contributed by atoms with Crippen molar-refractivity contribution < 1.29 is 14.3 Å². The van der Waals surface area contributed by atoms with Crippen LogP contribution in [-0.2, 0) is 14.3 Å². The topological polar surface area (TPSA) is 43.4 Å². The fourth-order valence-corrected chi connectivity index (χ4v) is 4.17. The minimum Gasteiger partial charge on any atom is -0.466 e. The average molecular weight is 294 g/mol. The summed E-state index contributed by atoms with van der Waals surface area (Å²) in [5.41, 5.74) is 0. The van der Waals surface area contributed by atoms with Crippen molar-refractivity contribution in [1.29, 1.82) is 0 Å². The molecule has 0 heterocycles. The van der Waals surface area contributed by atoms with Crippen molar-refractivity contribution in [2.24, 2.45) is 23.7 Å². The summed E-state index contributed by atoms with van der Waals surface area (Å²) in [5, 5.41) is 0. The predicted molar refractivity (Wildman–Crippen MR) is 82.8 cm³/mol. The van der Waals surface area contributed by atoms with Gasteiger partial charge in [0.1, 0.15) is 12.2 Å². The Labute approximate surface area is 128 Å². The Morgan fingerprint density at radius 2 is 1.43 bits per heavy atom. The molecule has 2 aliphatic rings. The lowest BCUT2D eigenvalue weighted by molar-refractivity contribution is -0.146. The van der Waals surface area contributed by atoms with Gasteiger partial charge in [-0.2, -0.15) is 0 Å². The number of hydrogen-bond acceptors (Lipinski definition) is 3. The molecule has 2 aliphatic carbocycles. The van der Waals surface area contributed by atoms with Gasteiger partial charge in [-0.15, -0.1) is 0 Å². The molecular formula is C18H30O3. The van der Waals surface area contributed by atoms with Gasteiger partial charge < -0.3 is 4.74 Å². The first kappa shape index (κ1) is 16.5. The van der Waals surface area contributed by atoms with Crippen molar-refractivity contribution in [1.82, 2.24) is 0 Å². The Bertz CT molecular complexity index is 347. The molecule has 0 atom stereocenters. The van der Waals surface area contributed by atoms with Gasteiger partial charge in [-0.25, -0.2) is 0 Å². The molecule has 2 fully saturated rings. The summed E-state index contributed by atoms with van der Waals surface area (Å²) in [7, 11) is 0. The van der Waals surface area contributed by atoms with Crippen LogP contribution >= 0.6 is 0 Å². The molecule has 0 bridgehead atoms. The van der Waals surface area contributed by atoms with E-state index in [2.05, 4.69) is 6.92 Å². The van der Waals surface area contributed by atoms with Gasteiger partial charge in [-0.1, -0.05) is 19.8 Å². The number of carbonyl (C=O) groups excluding carboxylic acids is 2. The molecule has 0 spiro atoms. The first-order valence-electron chi connectivity index (χ1n) is 8.78. The van der Waals surface area contributed by atoms with E-state index in [1.54, 1.807) is 6.92 Å². The van der Waals surface area contributed by atoms with Crippen molar-refractivity contribution in [2.75, 3.05) is 6.61 Å². The fraction of sp³-hybridized carbons (Fsp3) is 0.889. The van der Waals surface area contributed by atoms with Gasteiger partial charge in [-0.3, -0.25) is 9.59 Å². The highest BCUT2D eigenvalue weighted by molar-refractivity contribution is 5.96. The third-order valence-electron chi connectivity index (χ3n) is 5.58. The second kappa shape index (κ2) is 7.95. The predicted octanol–water partition coefficient (Wildman–Crippen LogP) is 4.14. The van der Waals surface area contributed by atoms with E-state index in [4.69, 9.17) is 4.74 Å². The van der Waals surface area contributed by atoms with E-state index in [1.807, 2.05) is 0 Å². The highest BCUT2D eigenvalue weighted by atomic mass is 16.5. The van der Waals surface area contributed by atoms with E-state index in [9.17, 15) is 9.59 Å². The minimum absolute atomic E-state index is 0.0237. The molecule has 3 heteroatoms. The standard InChI is InChI=1S/C18H30O3/c1-3-21-18(20)12-17(19)16-10-8-15(9-11-16)14-6-4-13(2)5-7-14/h13-16H,3-12H2,1-2H3. The second-order valence-corrected chi connectivity index (χ2v) is 7.08. The third-order valence-corrected chi connectivity index (χ3v) is 5.58. The number of rotatable bonds is 5. The molecule has 0 radical (unpaired) electrons. The number of Topliss-reactive ketones (excluding diaryl/α,β-unsaturated/α-hetero) is 1. The molecule has 0 aromatic rings. The van der Waals surface area contributed by atoms with E-state index >= 15 is 0 Å². The van der Waals surface area contributed by atoms with Crippen LogP contribution in [0.3, 0.4) is 0 Å². The zero-order chi connectivity index (χ0) is 15.2. The summed E-state index contributed by atoms with van der Waals surface area (Å²) >= 11 is 0. The largest absolute Gasteiger partial charge is 0.466 e. The first-order chi connectivity index (χ1) is 10.1. The molecule has 21 heavy (non-hydrogen) atoms. The highest BCUT2D eigenvalue weighted by Crippen LogP contribution is 2.41. The highest BCUT2D eigenvalue weighted by Gasteiger charge is 2.32. The lowest BCUT2D eigenvalue weighted by Gasteiger charge is -2.36. The zero-order valence-electron chi connectivity index (χ0n) is 13.6. The molecule has 0 saturated heterocycles. The van der Waals surface area contributed by atoms with Gasteiger partial charge in [-0.05, 0) is 63.2 Å². The molecule has 2 saturated carbocycles. The molecule has 0 N–H and O–H groups in total. The average Bonchev–Trinajstić information content (AvgIpc) is 2.48. The van der Waals surface area contributed by atoms with E-state index in [1.165, 1.54) is 38.5 Å². The summed E-state index contributed by atoms with van der Waals surface area (Å²) < 4.78 is 4.87. The van der Waals surface area contributed by atoms with Crippen LogP contribution in [0.4, 0.5) is 0 Å². The number of ether oxygens (including phenoxy) is 1. The minimum atomic E-state index is -0.356. The summed E-state index contributed by atoms with van der Waals surface area (Å²) in [6.45, 7) is 4.50. The SMILES string of the molecule is CCOC(=O)CC(=O)C1CCC(C2CCC(C)CC2)CC1. The Morgan fingerprint density at radius 3 is 1.95 bits per heavy atom. The Kier molecular flexibility index (Phi) is 6.25. The Morgan fingerprint density at radius 1 is 0.905 bits per heavy atom. The number of carbonyl (C=O) groups is 2. The van der Waals surface area contributed by atoms with Crippen molar-refractivity contribution in [3.63, 3.8) is 0 Å². The Balaban J connectivity index is 1.72. The van der Waals surface area contributed by atoms with Crippen LogP contribution in [-0.4, -0.2) is 18.4 Å². The monoisotopic (exact) mass is 294 g/mol. The lowest BCUT2D eigenvalue weighted by atomic mass is 9.69. The lowest BCUT2D eigenvalue weighted by Crippen LogP contribution is -2.29. The van der Waals surface area contributed by atoms with Crippen molar-refractivity contribution >= 4 is 11.8 Å². The first-order valence-corrected chi connectivity index (χ1v) is 8.78. The maximum atomic E-state index is 12.1. The van der Waals surface area contributed by atoms with Crippen LogP contribution in [0.5, 0.6) is 0 Å². The van der Waals surface area contributed by atoms with Crippen LogP contribution in [0.2, 0.25) is 0 Å². The van der Waals surface area contributed by atoms with Gasteiger partial charge in [0.15, 0.2) is 0 Å². The van der Waals surface area contributed by atoms with Gasteiger partial charge in [0, 0.05) is 5.92 Å². The van der Waals surface area contributed by atoms with Gasteiger partial charge in [0.25, 0.3) is 0 Å². The van der Waals surface area contributed by atoms with Gasteiger partial charge in [0.05, 0.1) is 6.61 Å². The van der Waals surface area contributed by atoms with Crippen LogP contribution in [0.1, 0.15) is 71.6 Å². The van der Waals surface area contributed by atoms with E-state index in [0.717, 1.165) is 30.6 Å². The van der Waals surface area contributed by atoms with Crippen molar-refractivity contribution in [3.8, 4) is 0 Å². The molecule has 2 rings (SSSR count). The maximum absolute atomic E-state index is 12.1. The third kappa shape index (κ3) is 4.82. The molecule has 120 valence electrons. The van der Waals surface area contributed by atoms with Crippen molar-refractivity contribution in [2.45, 2.75) is 71.6 Å². The summed E-state index contributed by atoms with van der Waals surface area (Å²) in [5.74, 6) is 2.47. The van der Waals surface area contributed by atoms with Crippen LogP contribution in [0, 0.1) is 23.7 Å². The number of hydrogen-bond donors (Lipinski definition) is 0. The van der Waals surface area contributed by atoms with Gasteiger partial charge in [0.2, 0.25) is 0 Å². The smallest absolute Gasteiger partial charge is 0.313 e. The molecule has 0 aromatic carbocycles. The fourth-order valence-electron chi connectivity index (χ4n) is 4.17. The maximum Gasteiger partial charge on any atom is 0.313 e. The van der Waals surface area contributed by atoms with Crippen molar-refractivity contribution in [3.05, 3.63) is 0 Å². The molecule has 0 aromatic heterocycles. The normalized spacial score (nSPS) is 33.4. The van der Waals surface area contributed by atoms with E-state index in [-0.39, 0.29) is 24.1 Å². The summed E-state index contributed by atoms with van der Waals surface area (Å²) in [6, 6.07) is 0. The molecule has 0 amide bonds. The molecular weight excluding hydrogens is 264 g/mol. The summed E-state index contributed by atoms with van der Waals surface area (Å²) in [4.78, 5) is 23.5. The van der Waals surface area contributed by atoms with E-state index in [0.29, 0.717) is 6.61 Å². The van der Waals surface area contributed by atoms with Crippen LogP contribution in [0.15, 0.2) is 0 Å². The zero-order valence-corrected chi connectivity index (χ0v) is 13.6. The van der Waals surface area contributed by atoms with Gasteiger partial charge >= 0.3 is 5.97 Å². The number of esters is 1. The Hall–Kier alpha value is -0.860. The van der Waals surface area contributed by atoms with Crippen LogP contribution < -0.4 is 0 Å². The molecule has 0 aliphatic heterocycles. The molecule has 0 unspecified atom stereocenters. The summed E-state index contributed by atoms with van der Waals surface area (Å²) in [6.07, 6.45) is 9.82. The quantitative estimate of drug-likeness (QED) is 0.565.